The van der Waals surface area contributed by atoms with Crippen LogP contribution in [-0.4, -0.2) is 34.5 Å². The van der Waals surface area contributed by atoms with Gasteiger partial charge in [-0.3, -0.25) is 4.79 Å². The van der Waals surface area contributed by atoms with Gasteiger partial charge < -0.3 is 15.2 Å². The molecular formula is C10H14ClN3O. The maximum atomic E-state index is 12.0. The first-order chi connectivity index (χ1) is 7.08. The van der Waals surface area contributed by atoms with E-state index in [1.165, 1.54) is 0 Å². The van der Waals surface area contributed by atoms with Crippen molar-refractivity contribution >= 4 is 17.5 Å². The Kier molecular flexibility index (Phi) is 2.71. The largest absolute Gasteiger partial charge is 0.345 e. The summed E-state index contributed by atoms with van der Waals surface area (Å²) in [5, 5.41) is 0.587. The zero-order valence-corrected chi connectivity index (χ0v) is 9.37. The average Bonchev–Trinajstić information content (AvgIpc) is 2.71. The second kappa shape index (κ2) is 3.87. The third kappa shape index (κ3) is 2.01. The Morgan fingerprint density at radius 3 is 2.87 bits per heavy atom. The lowest BCUT2D eigenvalue weighted by Gasteiger charge is -2.15. The second-order valence-electron chi connectivity index (χ2n) is 3.95. The molecule has 1 atom stereocenters. The molecule has 0 spiro atoms. The summed E-state index contributed by atoms with van der Waals surface area (Å²) in [4.78, 5) is 13.8. The van der Waals surface area contributed by atoms with Gasteiger partial charge in [-0.25, -0.2) is 0 Å². The van der Waals surface area contributed by atoms with Crippen LogP contribution in [0.4, 0.5) is 0 Å². The van der Waals surface area contributed by atoms with Crippen molar-refractivity contribution in [2.24, 2.45) is 12.8 Å². The number of likely N-dealkylation sites (tertiary alicyclic amines) is 1. The van der Waals surface area contributed by atoms with Gasteiger partial charge in [0, 0.05) is 32.4 Å². The van der Waals surface area contributed by atoms with Crippen molar-refractivity contribution in [2.75, 3.05) is 13.1 Å². The number of carbonyl (C=O) groups excluding carboxylic acids is 1. The molecule has 1 saturated heterocycles. The molecular weight excluding hydrogens is 214 g/mol. The molecule has 0 saturated carbocycles. The van der Waals surface area contributed by atoms with Crippen LogP contribution in [0.3, 0.4) is 0 Å². The zero-order valence-electron chi connectivity index (χ0n) is 8.61. The molecule has 1 aromatic rings. The highest BCUT2D eigenvalue weighted by Gasteiger charge is 2.26. The number of rotatable bonds is 1. The third-order valence-corrected chi connectivity index (χ3v) is 2.91. The molecule has 1 aliphatic rings. The minimum atomic E-state index is 0.0114. The van der Waals surface area contributed by atoms with Crippen molar-refractivity contribution in [3.8, 4) is 0 Å². The van der Waals surface area contributed by atoms with Gasteiger partial charge in [0.15, 0.2) is 0 Å². The highest BCUT2D eigenvalue weighted by Crippen LogP contribution is 2.17. The van der Waals surface area contributed by atoms with Crippen molar-refractivity contribution in [3.63, 3.8) is 0 Å². The molecule has 1 aliphatic heterocycles. The molecule has 1 aromatic heterocycles. The normalized spacial score (nSPS) is 21.0. The third-order valence-electron chi connectivity index (χ3n) is 2.70. The van der Waals surface area contributed by atoms with Gasteiger partial charge in [0.05, 0.1) is 5.02 Å². The van der Waals surface area contributed by atoms with Crippen LogP contribution < -0.4 is 5.73 Å². The first-order valence-electron chi connectivity index (χ1n) is 4.94. The average molecular weight is 228 g/mol. The van der Waals surface area contributed by atoms with Gasteiger partial charge in [-0.05, 0) is 12.5 Å². The van der Waals surface area contributed by atoms with Crippen LogP contribution in [0.15, 0.2) is 12.3 Å². The van der Waals surface area contributed by atoms with E-state index in [1.807, 2.05) is 7.05 Å². The van der Waals surface area contributed by atoms with Gasteiger partial charge in [0.25, 0.3) is 5.91 Å². The minimum Gasteiger partial charge on any atom is -0.345 e. The van der Waals surface area contributed by atoms with Gasteiger partial charge in [0.1, 0.15) is 5.69 Å². The highest BCUT2D eigenvalue weighted by atomic mass is 35.5. The standard InChI is InChI=1S/C10H14ClN3O/c1-13-5-7(11)4-9(13)10(15)14-3-2-8(12)6-14/h4-5,8H,2-3,6,12H2,1H3. The van der Waals surface area contributed by atoms with Crippen molar-refractivity contribution in [1.29, 1.82) is 0 Å². The van der Waals surface area contributed by atoms with E-state index in [1.54, 1.807) is 21.7 Å². The SMILES string of the molecule is Cn1cc(Cl)cc1C(=O)N1CCC(N)C1. The zero-order chi connectivity index (χ0) is 11.0. The summed E-state index contributed by atoms with van der Waals surface area (Å²) in [6, 6.07) is 1.80. The lowest BCUT2D eigenvalue weighted by molar-refractivity contribution is 0.0781. The Bertz CT molecular complexity index is 388. The van der Waals surface area contributed by atoms with E-state index in [0.29, 0.717) is 17.3 Å². The van der Waals surface area contributed by atoms with Crippen molar-refractivity contribution in [1.82, 2.24) is 9.47 Å². The number of aryl methyl sites for hydroxylation is 1. The lowest BCUT2D eigenvalue weighted by atomic mass is 10.3. The highest BCUT2D eigenvalue weighted by molar-refractivity contribution is 6.31. The first kappa shape index (κ1) is 10.5. The Balaban J connectivity index is 2.17. The summed E-state index contributed by atoms with van der Waals surface area (Å²) in [7, 11) is 1.81. The number of halogens is 1. The van der Waals surface area contributed by atoms with E-state index in [2.05, 4.69) is 0 Å². The van der Waals surface area contributed by atoms with Crippen molar-refractivity contribution in [3.05, 3.63) is 23.0 Å². The van der Waals surface area contributed by atoms with Crippen LogP contribution in [-0.2, 0) is 7.05 Å². The fourth-order valence-corrected chi connectivity index (χ4v) is 2.12. The Hall–Kier alpha value is -1.00. The smallest absolute Gasteiger partial charge is 0.270 e. The molecule has 2 rings (SSSR count). The van der Waals surface area contributed by atoms with Crippen LogP contribution in [0.2, 0.25) is 5.02 Å². The van der Waals surface area contributed by atoms with Gasteiger partial charge in [-0.15, -0.1) is 0 Å². The summed E-state index contributed by atoms with van der Waals surface area (Å²) in [5.41, 5.74) is 6.38. The van der Waals surface area contributed by atoms with Gasteiger partial charge in [-0.1, -0.05) is 11.6 Å². The van der Waals surface area contributed by atoms with Gasteiger partial charge in [-0.2, -0.15) is 0 Å². The molecule has 1 fully saturated rings. The van der Waals surface area contributed by atoms with E-state index in [4.69, 9.17) is 17.3 Å². The molecule has 15 heavy (non-hydrogen) atoms. The Morgan fingerprint density at radius 1 is 1.67 bits per heavy atom. The first-order valence-corrected chi connectivity index (χ1v) is 5.32. The molecule has 2 N–H and O–H groups in total. The van der Waals surface area contributed by atoms with E-state index >= 15 is 0 Å². The Morgan fingerprint density at radius 2 is 2.40 bits per heavy atom. The van der Waals surface area contributed by atoms with E-state index < -0.39 is 0 Å². The van der Waals surface area contributed by atoms with Crippen LogP contribution >= 0.6 is 11.6 Å². The quantitative estimate of drug-likeness (QED) is 0.774. The van der Waals surface area contributed by atoms with Crippen LogP contribution in [0.1, 0.15) is 16.9 Å². The fraction of sp³-hybridized carbons (Fsp3) is 0.500. The molecule has 5 heteroatoms. The molecule has 1 amide bonds. The summed E-state index contributed by atoms with van der Waals surface area (Å²) in [5.74, 6) is 0.0114. The predicted octanol–water partition coefficient (Wildman–Crippen LogP) is 0.852. The maximum absolute atomic E-state index is 12.0. The number of amides is 1. The number of hydrogen-bond acceptors (Lipinski definition) is 2. The molecule has 1 unspecified atom stereocenters. The predicted molar refractivity (Wildman–Crippen MR) is 58.9 cm³/mol. The summed E-state index contributed by atoms with van der Waals surface area (Å²) in [6.45, 7) is 1.38. The summed E-state index contributed by atoms with van der Waals surface area (Å²) < 4.78 is 1.74. The molecule has 0 radical (unpaired) electrons. The van der Waals surface area contributed by atoms with Crippen LogP contribution in [0, 0.1) is 0 Å². The maximum Gasteiger partial charge on any atom is 0.270 e. The van der Waals surface area contributed by atoms with Crippen molar-refractivity contribution < 1.29 is 4.79 Å². The molecule has 0 aliphatic carbocycles. The van der Waals surface area contributed by atoms with Crippen LogP contribution in [0.25, 0.3) is 0 Å². The lowest BCUT2D eigenvalue weighted by Crippen LogP contribution is -2.32. The van der Waals surface area contributed by atoms with Gasteiger partial charge >= 0.3 is 0 Å². The number of nitrogens with two attached hydrogens (primary N) is 1. The molecule has 4 nitrogen and oxygen atoms in total. The molecule has 0 bridgehead atoms. The van der Waals surface area contributed by atoms with Gasteiger partial charge in [0.2, 0.25) is 0 Å². The molecule has 0 aromatic carbocycles. The second-order valence-corrected chi connectivity index (χ2v) is 4.39. The van der Waals surface area contributed by atoms with Crippen molar-refractivity contribution in [2.45, 2.75) is 12.5 Å². The van der Waals surface area contributed by atoms with Crippen LogP contribution in [0.5, 0.6) is 0 Å². The summed E-state index contributed by atoms with van der Waals surface area (Å²) >= 11 is 5.83. The molecule has 2 heterocycles. The Labute approximate surface area is 93.6 Å². The topological polar surface area (TPSA) is 51.3 Å². The number of carbonyl (C=O) groups is 1. The molecule has 82 valence electrons. The minimum absolute atomic E-state index is 0.0114. The number of aromatic nitrogens is 1. The fourth-order valence-electron chi connectivity index (χ4n) is 1.87. The number of nitrogens with zero attached hydrogens (tertiary/aromatic N) is 2. The van der Waals surface area contributed by atoms with E-state index in [9.17, 15) is 4.79 Å². The number of hydrogen-bond donors (Lipinski definition) is 1. The van der Waals surface area contributed by atoms with E-state index in [-0.39, 0.29) is 11.9 Å². The van der Waals surface area contributed by atoms with E-state index in [0.717, 1.165) is 13.0 Å². The monoisotopic (exact) mass is 227 g/mol. The summed E-state index contributed by atoms with van der Waals surface area (Å²) in [6.07, 6.45) is 2.61.